The highest BCUT2D eigenvalue weighted by Gasteiger charge is 2.37. The maximum Gasteiger partial charge on any atom is 0.337 e. The second-order valence-electron chi connectivity index (χ2n) is 7.54. The van der Waals surface area contributed by atoms with Crippen molar-refractivity contribution < 1.29 is 28.8 Å². The van der Waals surface area contributed by atoms with Gasteiger partial charge >= 0.3 is 5.97 Å². The maximum absolute atomic E-state index is 12.9. The molecule has 10 heteroatoms. The quantitative estimate of drug-likeness (QED) is 0.293. The number of ketones is 1. The van der Waals surface area contributed by atoms with Gasteiger partial charge in [0.2, 0.25) is 6.10 Å². The van der Waals surface area contributed by atoms with Crippen LogP contribution in [0.25, 0.3) is 0 Å². The number of rotatable bonds is 7. The summed E-state index contributed by atoms with van der Waals surface area (Å²) in [6.45, 7) is 4.87. The second-order valence-corrected chi connectivity index (χ2v) is 7.95. The van der Waals surface area contributed by atoms with Crippen molar-refractivity contribution in [3.05, 3.63) is 63.2 Å². The van der Waals surface area contributed by atoms with E-state index >= 15 is 0 Å². The van der Waals surface area contributed by atoms with Crippen LogP contribution in [0.2, 0.25) is 5.02 Å². The first kappa shape index (κ1) is 23.8. The van der Waals surface area contributed by atoms with Crippen LogP contribution in [0.4, 0.5) is 11.4 Å². The van der Waals surface area contributed by atoms with E-state index in [4.69, 9.17) is 16.3 Å². The van der Waals surface area contributed by atoms with Gasteiger partial charge in [-0.2, -0.15) is 0 Å². The first-order chi connectivity index (χ1) is 14.4. The van der Waals surface area contributed by atoms with Gasteiger partial charge in [-0.3, -0.25) is 19.7 Å². The normalized spacial score (nSPS) is 11.9. The summed E-state index contributed by atoms with van der Waals surface area (Å²) in [5.41, 5.74) is -0.975. The van der Waals surface area contributed by atoms with Crippen molar-refractivity contribution in [2.24, 2.45) is 5.41 Å². The molecular formula is C21H21ClN2O7. The minimum atomic E-state index is -1.57. The van der Waals surface area contributed by atoms with Crippen LogP contribution >= 0.6 is 11.6 Å². The first-order valence-corrected chi connectivity index (χ1v) is 9.46. The van der Waals surface area contributed by atoms with Gasteiger partial charge in [0.15, 0.2) is 5.78 Å². The number of ether oxygens (including phenoxy) is 2. The number of nitrogens with one attached hydrogen (secondary N) is 1. The largest absolute Gasteiger partial charge is 0.473 e. The third-order valence-corrected chi connectivity index (χ3v) is 4.49. The van der Waals surface area contributed by atoms with E-state index in [-0.39, 0.29) is 27.7 Å². The lowest BCUT2D eigenvalue weighted by Crippen LogP contribution is -2.45. The molecule has 2 rings (SSSR count). The number of non-ortho nitro benzene ring substituents is 1. The monoisotopic (exact) mass is 448 g/mol. The molecule has 0 radical (unpaired) electrons. The third-order valence-electron chi connectivity index (χ3n) is 4.16. The van der Waals surface area contributed by atoms with Crippen LogP contribution in [0.3, 0.4) is 0 Å². The molecule has 2 aromatic carbocycles. The number of nitrogens with zero attached hydrogens (tertiary/aromatic N) is 1. The van der Waals surface area contributed by atoms with Crippen LogP contribution in [-0.4, -0.2) is 35.8 Å². The Balaban J connectivity index is 2.33. The number of nitro groups is 1. The topological polar surface area (TPSA) is 125 Å². The molecule has 0 bridgehead atoms. The van der Waals surface area contributed by atoms with Crippen molar-refractivity contribution in [3.8, 4) is 5.75 Å². The summed E-state index contributed by atoms with van der Waals surface area (Å²) < 4.78 is 10.3. The van der Waals surface area contributed by atoms with Gasteiger partial charge in [-0.25, -0.2) is 4.79 Å². The number of benzene rings is 2. The van der Waals surface area contributed by atoms with Crippen LogP contribution < -0.4 is 10.1 Å². The summed E-state index contributed by atoms with van der Waals surface area (Å²) in [5.74, 6) is -1.76. The summed E-state index contributed by atoms with van der Waals surface area (Å²) >= 11 is 6.03. The summed E-state index contributed by atoms with van der Waals surface area (Å²) in [5, 5.41) is 13.5. The molecule has 1 atom stereocenters. The van der Waals surface area contributed by atoms with Gasteiger partial charge in [0.25, 0.3) is 11.6 Å². The maximum atomic E-state index is 12.9. The molecule has 2 aromatic rings. The van der Waals surface area contributed by atoms with Crippen molar-refractivity contribution in [3.63, 3.8) is 0 Å². The molecule has 0 aliphatic heterocycles. The smallest absolute Gasteiger partial charge is 0.337 e. The highest BCUT2D eigenvalue weighted by molar-refractivity contribution is 6.34. The molecule has 1 N–H and O–H groups in total. The molecule has 0 aliphatic carbocycles. The van der Waals surface area contributed by atoms with E-state index in [9.17, 15) is 24.5 Å². The number of hydrogen-bond acceptors (Lipinski definition) is 7. The number of halogens is 1. The molecule has 31 heavy (non-hydrogen) atoms. The SMILES string of the molecule is COC(=O)c1ccc(O[C@@H](C(=O)Nc2cc([N+](=O)[O-])ccc2Cl)C(=O)C(C)(C)C)cc1. The molecule has 0 fully saturated rings. The Morgan fingerprint density at radius 2 is 1.71 bits per heavy atom. The molecule has 0 saturated carbocycles. The van der Waals surface area contributed by atoms with Crippen molar-refractivity contribution in [2.45, 2.75) is 26.9 Å². The van der Waals surface area contributed by atoms with E-state index in [1.807, 2.05) is 0 Å². The zero-order valence-corrected chi connectivity index (χ0v) is 18.1. The summed E-state index contributed by atoms with van der Waals surface area (Å²) in [7, 11) is 1.24. The number of carbonyl (C=O) groups is 3. The Hall–Kier alpha value is -3.46. The van der Waals surface area contributed by atoms with Crippen LogP contribution in [0.5, 0.6) is 5.75 Å². The zero-order valence-electron chi connectivity index (χ0n) is 17.3. The highest BCUT2D eigenvalue weighted by Crippen LogP contribution is 2.28. The predicted octanol–water partition coefficient (Wildman–Crippen LogP) is 4.04. The summed E-state index contributed by atoms with van der Waals surface area (Å²) in [4.78, 5) is 47.7. The number of methoxy groups -OCH3 is 1. The third kappa shape index (κ3) is 6.02. The number of nitro benzene ring substituents is 1. The van der Waals surface area contributed by atoms with Crippen LogP contribution in [0.15, 0.2) is 42.5 Å². The molecule has 0 spiro atoms. The number of anilines is 1. The molecule has 1 amide bonds. The lowest BCUT2D eigenvalue weighted by atomic mass is 9.87. The highest BCUT2D eigenvalue weighted by atomic mass is 35.5. The Morgan fingerprint density at radius 3 is 2.23 bits per heavy atom. The Bertz CT molecular complexity index is 1010. The van der Waals surface area contributed by atoms with Crippen molar-refractivity contribution >= 4 is 40.6 Å². The fraction of sp³-hybridized carbons (Fsp3) is 0.286. The molecule has 0 unspecified atom stereocenters. The zero-order chi connectivity index (χ0) is 23.3. The molecule has 0 saturated heterocycles. The number of hydrogen-bond donors (Lipinski definition) is 1. The second kappa shape index (κ2) is 9.57. The van der Waals surface area contributed by atoms with Gasteiger partial charge < -0.3 is 14.8 Å². The molecule has 164 valence electrons. The van der Waals surface area contributed by atoms with E-state index in [2.05, 4.69) is 10.1 Å². The van der Waals surface area contributed by atoms with E-state index < -0.39 is 34.1 Å². The van der Waals surface area contributed by atoms with E-state index in [1.54, 1.807) is 20.8 Å². The number of Topliss-reactive ketones (excluding diaryl/α,β-unsaturated/α-hetero) is 1. The average molecular weight is 449 g/mol. The van der Waals surface area contributed by atoms with Crippen LogP contribution in [0.1, 0.15) is 31.1 Å². The average Bonchev–Trinajstić information content (AvgIpc) is 2.72. The molecule has 0 aliphatic rings. The van der Waals surface area contributed by atoms with Crippen molar-refractivity contribution in [1.82, 2.24) is 0 Å². The lowest BCUT2D eigenvalue weighted by Gasteiger charge is -2.25. The summed E-state index contributed by atoms with van der Waals surface area (Å²) in [6.07, 6.45) is -1.57. The number of carbonyl (C=O) groups excluding carboxylic acids is 3. The minimum Gasteiger partial charge on any atom is -0.473 e. The van der Waals surface area contributed by atoms with E-state index in [0.717, 1.165) is 6.07 Å². The molecular weight excluding hydrogens is 428 g/mol. The number of amides is 1. The molecule has 0 aromatic heterocycles. The Morgan fingerprint density at radius 1 is 1.10 bits per heavy atom. The Labute approximate surface area is 183 Å². The van der Waals surface area contributed by atoms with Gasteiger partial charge in [-0.15, -0.1) is 0 Å². The van der Waals surface area contributed by atoms with Crippen molar-refractivity contribution in [1.29, 1.82) is 0 Å². The van der Waals surface area contributed by atoms with Gasteiger partial charge in [0.1, 0.15) is 5.75 Å². The lowest BCUT2D eigenvalue weighted by molar-refractivity contribution is -0.384. The summed E-state index contributed by atoms with van der Waals surface area (Å²) in [6, 6.07) is 9.23. The van der Waals surface area contributed by atoms with Gasteiger partial charge in [0.05, 0.1) is 28.3 Å². The molecule has 0 heterocycles. The van der Waals surface area contributed by atoms with E-state index in [0.29, 0.717) is 0 Å². The standard InChI is InChI=1S/C21H21ClN2O7/c1-21(2,3)18(25)17(31-14-8-5-12(6-9-14)20(27)30-4)19(26)23-16-11-13(24(28)29)7-10-15(16)22/h5-11,17H,1-4H3,(H,23,26)/t17-/m1/s1. The minimum absolute atomic E-state index is 0.0304. The fourth-order valence-electron chi connectivity index (χ4n) is 2.46. The van der Waals surface area contributed by atoms with Crippen molar-refractivity contribution in [2.75, 3.05) is 12.4 Å². The first-order valence-electron chi connectivity index (χ1n) is 9.08. The fourth-order valence-corrected chi connectivity index (χ4v) is 2.63. The van der Waals surface area contributed by atoms with Gasteiger partial charge in [0, 0.05) is 17.5 Å². The van der Waals surface area contributed by atoms with Gasteiger partial charge in [-0.1, -0.05) is 32.4 Å². The van der Waals surface area contributed by atoms with E-state index in [1.165, 1.54) is 43.5 Å². The number of esters is 1. The van der Waals surface area contributed by atoms with Crippen LogP contribution in [-0.2, 0) is 14.3 Å². The van der Waals surface area contributed by atoms with Gasteiger partial charge in [-0.05, 0) is 30.3 Å². The predicted molar refractivity (Wildman–Crippen MR) is 113 cm³/mol. The molecule has 9 nitrogen and oxygen atoms in total. The Kier molecular flexibility index (Phi) is 7.35. The van der Waals surface area contributed by atoms with Crippen LogP contribution in [0, 0.1) is 15.5 Å².